The zero-order valence-corrected chi connectivity index (χ0v) is 20.1. The van der Waals surface area contributed by atoms with Crippen molar-refractivity contribution in [2.45, 2.75) is 6.54 Å². The van der Waals surface area contributed by atoms with Gasteiger partial charge in [-0.25, -0.2) is 4.68 Å². The molecule has 6 rings (SSSR count). The van der Waals surface area contributed by atoms with E-state index in [-0.39, 0.29) is 12.7 Å². The number of rotatable bonds is 5. The van der Waals surface area contributed by atoms with Crippen LogP contribution in [-0.4, -0.2) is 31.7 Å². The van der Waals surface area contributed by atoms with Gasteiger partial charge in [0.15, 0.2) is 11.5 Å². The summed E-state index contributed by atoms with van der Waals surface area (Å²) in [5.41, 5.74) is 4.37. The van der Waals surface area contributed by atoms with E-state index in [1.165, 1.54) is 11.8 Å². The van der Waals surface area contributed by atoms with Crippen LogP contribution in [-0.2, 0) is 11.3 Å². The number of ether oxygens (including phenoxy) is 2. The fourth-order valence-corrected chi connectivity index (χ4v) is 5.26. The molecule has 8 heteroatoms. The molecule has 6 nitrogen and oxygen atoms in total. The number of benzene rings is 3. The highest BCUT2D eigenvalue weighted by Gasteiger charge is 2.32. The second kappa shape index (κ2) is 9.05. The Bertz CT molecular complexity index is 1470. The number of hydrogen-bond acceptors (Lipinski definition) is 6. The van der Waals surface area contributed by atoms with Crippen LogP contribution in [0.25, 0.3) is 23.0 Å². The summed E-state index contributed by atoms with van der Waals surface area (Å²) in [4.78, 5) is 15.5. The highest BCUT2D eigenvalue weighted by Crippen LogP contribution is 2.39. The summed E-state index contributed by atoms with van der Waals surface area (Å²) in [7, 11) is 0. The molecule has 0 saturated carbocycles. The summed E-state index contributed by atoms with van der Waals surface area (Å²) >= 11 is 6.86. The summed E-state index contributed by atoms with van der Waals surface area (Å²) in [6.45, 7) is 0.648. The Kier molecular flexibility index (Phi) is 5.60. The normalized spacial score (nSPS) is 15.9. The molecule has 2 aliphatic rings. The lowest BCUT2D eigenvalue weighted by atomic mass is 10.1. The van der Waals surface area contributed by atoms with Crippen molar-refractivity contribution in [2.24, 2.45) is 0 Å². The van der Waals surface area contributed by atoms with Crippen LogP contribution in [0.15, 0.2) is 90.0 Å². The maximum Gasteiger partial charge on any atom is 0.266 e. The molecule has 0 unspecified atom stereocenters. The highest BCUT2D eigenvalue weighted by molar-refractivity contribution is 8.26. The Hall–Kier alpha value is -3.88. The molecule has 0 atom stereocenters. The first-order valence-electron chi connectivity index (χ1n) is 11.0. The number of fused-ring (bicyclic) bond motifs is 1. The van der Waals surface area contributed by atoms with E-state index in [4.69, 9.17) is 26.8 Å². The molecular weight excluding hydrogens is 478 g/mol. The Morgan fingerprint density at radius 1 is 0.971 bits per heavy atom. The van der Waals surface area contributed by atoms with Crippen LogP contribution in [0, 0.1) is 0 Å². The molecule has 0 aliphatic carbocycles. The summed E-state index contributed by atoms with van der Waals surface area (Å²) in [5.74, 6) is 1.28. The van der Waals surface area contributed by atoms with Crippen molar-refractivity contribution >= 4 is 40.3 Å². The van der Waals surface area contributed by atoms with Crippen molar-refractivity contribution in [1.29, 1.82) is 0 Å². The molecule has 1 saturated heterocycles. The van der Waals surface area contributed by atoms with E-state index < -0.39 is 0 Å². The molecule has 0 N–H and O–H groups in total. The highest BCUT2D eigenvalue weighted by atomic mass is 32.2. The van der Waals surface area contributed by atoms with E-state index in [1.807, 2.05) is 95.8 Å². The molecule has 0 bridgehead atoms. The average Bonchev–Trinajstić information content (AvgIpc) is 3.60. The van der Waals surface area contributed by atoms with Crippen molar-refractivity contribution < 1.29 is 14.3 Å². The first-order valence-corrected chi connectivity index (χ1v) is 12.2. The topological polar surface area (TPSA) is 56.6 Å². The number of para-hydroxylation sites is 1. The molecular formula is C27H19N3O3S2. The number of hydrogen-bond donors (Lipinski definition) is 0. The second-order valence-corrected chi connectivity index (χ2v) is 9.71. The van der Waals surface area contributed by atoms with Gasteiger partial charge in [0, 0.05) is 17.3 Å². The first kappa shape index (κ1) is 21.6. The number of aromatic nitrogens is 2. The molecule has 0 spiro atoms. The number of amides is 1. The fraction of sp³-hybridized carbons (Fsp3) is 0.0741. The number of carbonyl (C=O) groups is 1. The van der Waals surface area contributed by atoms with E-state index in [0.717, 1.165) is 28.1 Å². The van der Waals surface area contributed by atoms with E-state index in [1.54, 1.807) is 4.90 Å². The van der Waals surface area contributed by atoms with Crippen molar-refractivity contribution in [3.05, 3.63) is 101 Å². The minimum atomic E-state index is -0.104. The Labute approximate surface area is 211 Å². The third-order valence-electron chi connectivity index (χ3n) is 5.75. The summed E-state index contributed by atoms with van der Waals surface area (Å²) in [6, 6.07) is 25.4. The van der Waals surface area contributed by atoms with Crippen LogP contribution in [0.5, 0.6) is 11.5 Å². The predicted octanol–water partition coefficient (Wildman–Crippen LogP) is 5.67. The zero-order valence-electron chi connectivity index (χ0n) is 18.5. The average molecular weight is 498 g/mol. The third kappa shape index (κ3) is 4.22. The molecule has 3 heterocycles. The van der Waals surface area contributed by atoms with Crippen LogP contribution < -0.4 is 9.47 Å². The van der Waals surface area contributed by atoms with Crippen LogP contribution in [0.4, 0.5) is 0 Å². The second-order valence-electron chi connectivity index (χ2n) is 8.03. The molecule has 3 aromatic carbocycles. The monoisotopic (exact) mass is 497 g/mol. The quantitative estimate of drug-likeness (QED) is 0.262. The van der Waals surface area contributed by atoms with Gasteiger partial charge in [0.2, 0.25) is 6.79 Å². The van der Waals surface area contributed by atoms with Crippen LogP contribution in [0.2, 0.25) is 0 Å². The third-order valence-corrected chi connectivity index (χ3v) is 7.13. The molecule has 172 valence electrons. The van der Waals surface area contributed by atoms with Crippen LogP contribution >= 0.6 is 24.0 Å². The van der Waals surface area contributed by atoms with Gasteiger partial charge in [0.05, 0.1) is 17.1 Å². The summed E-state index contributed by atoms with van der Waals surface area (Å²) < 4.78 is 13.4. The maximum absolute atomic E-state index is 13.3. The van der Waals surface area contributed by atoms with Gasteiger partial charge in [-0.1, -0.05) is 72.5 Å². The lowest BCUT2D eigenvalue weighted by Gasteiger charge is -2.14. The van der Waals surface area contributed by atoms with Gasteiger partial charge in [0.1, 0.15) is 10.0 Å². The van der Waals surface area contributed by atoms with Crippen LogP contribution in [0.3, 0.4) is 0 Å². The van der Waals surface area contributed by atoms with E-state index in [9.17, 15) is 4.79 Å². The Balaban J connectivity index is 1.39. The summed E-state index contributed by atoms with van der Waals surface area (Å²) in [6.07, 6.45) is 3.80. The molecule has 1 amide bonds. The largest absolute Gasteiger partial charge is 0.454 e. The number of thiocarbonyl (C=S) groups is 1. The number of carbonyl (C=O) groups excluding carboxylic acids is 1. The van der Waals surface area contributed by atoms with Gasteiger partial charge in [-0.15, -0.1) is 0 Å². The van der Waals surface area contributed by atoms with Gasteiger partial charge < -0.3 is 9.47 Å². The van der Waals surface area contributed by atoms with Gasteiger partial charge >= 0.3 is 0 Å². The lowest BCUT2D eigenvalue weighted by molar-refractivity contribution is -0.122. The molecule has 35 heavy (non-hydrogen) atoms. The van der Waals surface area contributed by atoms with Gasteiger partial charge in [-0.2, -0.15) is 5.10 Å². The molecule has 2 aliphatic heterocycles. The van der Waals surface area contributed by atoms with Gasteiger partial charge in [-0.3, -0.25) is 9.69 Å². The smallest absolute Gasteiger partial charge is 0.266 e. The predicted molar refractivity (Wildman–Crippen MR) is 140 cm³/mol. The van der Waals surface area contributed by atoms with Crippen LogP contribution in [0.1, 0.15) is 11.1 Å². The number of nitrogens with zero attached hydrogens (tertiary/aromatic N) is 3. The van der Waals surface area contributed by atoms with Crippen molar-refractivity contribution in [3.8, 4) is 28.4 Å². The standard InChI is InChI=1S/C27H19N3O3S2/c31-26-24(35-27(34)29(26)15-18-7-3-1-4-8-18)14-20-16-30(21-9-5-2-6-10-21)28-25(20)19-11-12-22-23(13-19)33-17-32-22/h1-14,16H,15,17H2/b24-14-. The lowest BCUT2D eigenvalue weighted by Crippen LogP contribution is -2.27. The molecule has 4 aromatic rings. The minimum Gasteiger partial charge on any atom is -0.454 e. The van der Waals surface area contributed by atoms with E-state index in [2.05, 4.69) is 0 Å². The first-order chi connectivity index (χ1) is 17.2. The van der Waals surface area contributed by atoms with Gasteiger partial charge in [0.25, 0.3) is 5.91 Å². The molecule has 1 fully saturated rings. The van der Waals surface area contributed by atoms with Crippen molar-refractivity contribution in [1.82, 2.24) is 14.7 Å². The maximum atomic E-state index is 13.3. The number of thioether (sulfide) groups is 1. The van der Waals surface area contributed by atoms with Crippen molar-refractivity contribution in [3.63, 3.8) is 0 Å². The van der Waals surface area contributed by atoms with E-state index in [0.29, 0.717) is 27.3 Å². The molecule has 1 aromatic heterocycles. The SMILES string of the molecule is O=C1/C(=C/c2cn(-c3ccccc3)nc2-c2ccc3c(c2)OCO3)SC(=S)N1Cc1ccccc1. The zero-order chi connectivity index (χ0) is 23.8. The van der Waals surface area contributed by atoms with E-state index >= 15 is 0 Å². The molecule has 0 radical (unpaired) electrons. The fourth-order valence-electron chi connectivity index (χ4n) is 4.02. The Morgan fingerprint density at radius 2 is 1.71 bits per heavy atom. The van der Waals surface area contributed by atoms with Gasteiger partial charge in [-0.05, 0) is 42.0 Å². The summed E-state index contributed by atoms with van der Waals surface area (Å²) in [5, 5.41) is 4.86. The van der Waals surface area contributed by atoms with Crippen molar-refractivity contribution in [2.75, 3.05) is 6.79 Å². The minimum absolute atomic E-state index is 0.104. The Morgan fingerprint density at radius 3 is 2.51 bits per heavy atom.